The zero-order valence-corrected chi connectivity index (χ0v) is 11.4. The molecule has 2 fully saturated rings. The molecular weight excluding hydrogens is 236 g/mol. The fraction of sp³-hybridized carbons (Fsp3) is 0.917. The molecule has 0 bridgehead atoms. The molecule has 3 atom stereocenters. The minimum absolute atomic E-state index is 0.00551. The Morgan fingerprint density at radius 2 is 2.11 bits per heavy atom. The number of rotatable bonds is 3. The van der Waals surface area contributed by atoms with Crippen LogP contribution in [0.4, 0.5) is 0 Å². The number of nitrogens with zero attached hydrogens (tertiary/aromatic N) is 2. The van der Waals surface area contributed by atoms with Crippen LogP contribution >= 0.6 is 0 Å². The minimum atomic E-state index is -0.598. The Kier molecular flexibility index (Phi) is 3.64. The summed E-state index contributed by atoms with van der Waals surface area (Å²) in [7, 11) is 3.61. The van der Waals surface area contributed by atoms with E-state index in [1.165, 1.54) is 0 Å². The van der Waals surface area contributed by atoms with Crippen molar-refractivity contribution in [3.05, 3.63) is 0 Å². The summed E-state index contributed by atoms with van der Waals surface area (Å²) in [4.78, 5) is 12.1. The molecule has 0 aromatic rings. The van der Waals surface area contributed by atoms with Crippen LogP contribution in [0.2, 0.25) is 0 Å². The van der Waals surface area contributed by atoms with E-state index in [4.69, 9.17) is 14.6 Å². The molecule has 2 aliphatic rings. The first kappa shape index (κ1) is 13.7. The summed E-state index contributed by atoms with van der Waals surface area (Å²) in [5.74, 6) is -0.795. The average molecular weight is 258 g/mol. The number of aliphatic hydroxyl groups is 1. The van der Waals surface area contributed by atoms with Crippen molar-refractivity contribution in [2.24, 2.45) is 5.92 Å². The summed E-state index contributed by atoms with van der Waals surface area (Å²) < 4.78 is 11.4. The molecular formula is C12H22N2O4. The van der Waals surface area contributed by atoms with Crippen molar-refractivity contribution < 1.29 is 19.4 Å². The molecule has 1 amide bonds. The third-order valence-electron chi connectivity index (χ3n) is 3.80. The van der Waals surface area contributed by atoms with E-state index < -0.39 is 5.79 Å². The highest BCUT2D eigenvalue weighted by atomic mass is 16.7. The third kappa shape index (κ3) is 2.25. The van der Waals surface area contributed by atoms with E-state index in [-0.39, 0.29) is 30.6 Å². The second-order valence-corrected chi connectivity index (χ2v) is 5.41. The summed E-state index contributed by atoms with van der Waals surface area (Å²) in [5.41, 5.74) is 0. The van der Waals surface area contributed by atoms with Crippen LogP contribution in [-0.4, -0.2) is 66.3 Å². The van der Waals surface area contributed by atoms with Crippen molar-refractivity contribution in [1.82, 2.24) is 10.0 Å². The average Bonchev–Trinajstić information content (AvgIpc) is 2.74. The van der Waals surface area contributed by atoms with Gasteiger partial charge in [-0.25, -0.2) is 5.01 Å². The normalized spacial score (nSPS) is 36.6. The van der Waals surface area contributed by atoms with Gasteiger partial charge in [-0.2, -0.15) is 0 Å². The number of carbonyl (C=O) groups excluding carboxylic acids is 1. The predicted molar refractivity (Wildman–Crippen MR) is 64.4 cm³/mol. The zero-order valence-electron chi connectivity index (χ0n) is 11.4. The van der Waals surface area contributed by atoms with Crippen LogP contribution in [0, 0.1) is 5.92 Å². The number of hydrazine groups is 1. The van der Waals surface area contributed by atoms with Crippen LogP contribution in [0.15, 0.2) is 0 Å². The predicted octanol–water partition coefficient (Wildman–Crippen LogP) is -0.176. The summed E-state index contributed by atoms with van der Waals surface area (Å²) in [6.07, 6.45) is 0.314. The van der Waals surface area contributed by atoms with Gasteiger partial charge < -0.3 is 14.6 Å². The summed E-state index contributed by atoms with van der Waals surface area (Å²) >= 11 is 0. The number of amides is 1. The Bertz CT molecular complexity index is 334. The summed E-state index contributed by atoms with van der Waals surface area (Å²) in [5, 5.41) is 12.6. The third-order valence-corrected chi connectivity index (χ3v) is 3.80. The van der Waals surface area contributed by atoms with Crippen molar-refractivity contribution >= 4 is 5.91 Å². The molecule has 2 saturated heterocycles. The molecule has 0 saturated carbocycles. The van der Waals surface area contributed by atoms with E-state index in [0.717, 1.165) is 0 Å². The van der Waals surface area contributed by atoms with Gasteiger partial charge in [0.15, 0.2) is 5.79 Å². The molecule has 104 valence electrons. The van der Waals surface area contributed by atoms with Crippen molar-refractivity contribution in [2.75, 3.05) is 27.3 Å². The van der Waals surface area contributed by atoms with Crippen LogP contribution in [0.3, 0.4) is 0 Å². The quantitative estimate of drug-likeness (QED) is 0.761. The van der Waals surface area contributed by atoms with Gasteiger partial charge >= 0.3 is 0 Å². The first-order chi connectivity index (χ1) is 8.37. The molecule has 1 N–H and O–H groups in total. The highest BCUT2D eigenvalue weighted by Gasteiger charge is 2.50. The molecule has 0 spiro atoms. The maximum atomic E-state index is 12.1. The first-order valence-electron chi connectivity index (χ1n) is 6.30. The largest absolute Gasteiger partial charge is 0.396 e. The smallest absolute Gasteiger partial charge is 0.241 e. The molecule has 18 heavy (non-hydrogen) atoms. The molecule has 6 nitrogen and oxygen atoms in total. The molecule has 0 aliphatic carbocycles. The van der Waals surface area contributed by atoms with E-state index in [2.05, 4.69) is 0 Å². The van der Waals surface area contributed by atoms with Crippen LogP contribution < -0.4 is 0 Å². The maximum Gasteiger partial charge on any atom is 0.241 e. The molecule has 0 aromatic carbocycles. The van der Waals surface area contributed by atoms with Crippen molar-refractivity contribution in [3.63, 3.8) is 0 Å². The lowest BCUT2D eigenvalue weighted by molar-refractivity contribution is -0.150. The highest BCUT2D eigenvalue weighted by Crippen LogP contribution is 2.34. The topological polar surface area (TPSA) is 62.2 Å². The molecule has 0 radical (unpaired) electrons. The van der Waals surface area contributed by atoms with Gasteiger partial charge in [-0.05, 0) is 20.3 Å². The van der Waals surface area contributed by atoms with Crippen molar-refractivity contribution in [3.8, 4) is 0 Å². The number of hydrogen-bond donors (Lipinski definition) is 1. The van der Waals surface area contributed by atoms with Gasteiger partial charge in [0.25, 0.3) is 0 Å². The van der Waals surface area contributed by atoms with Gasteiger partial charge in [-0.3, -0.25) is 9.80 Å². The Labute approximate surface area is 107 Å². The second-order valence-electron chi connectivity index (χ2n) is 5.41. The van der Waals surface area contributed by atoms with E-state index in [1.54, 1.807) is 12.1 Å². The fourth-order valence-corrected chi connectivity index (χ4v) is 2.82. The Morgan fingerprint density at radius 1 is 1.44 bits per heavy atom. The lowest BCUT2D eigenvalue weighted by atomic mass is 9.93. The van der Waals surface area contributed by atoms with E-state index in [1.807, 2.05) is 25.9 Å². The van der Waals surface area contributed by atoms with Crippen LogP contribution in [0.25, 0.3) is 0 Å². The van der Waals surface area contributed by atoms with Crippen LogP contribution in [0.1, 0.15) is 20.3 Å². The van der Waals surface area contributed by atoms with Gasteiger partial charge in [0.2, 0.25) is 5.91 Å². The standard InChI is InChI=1S/C12H22N2O4/c1-12(2)17-7-9(18-12)10-8(5-6-15)11(16)14(4)13(10)3/h8-10,15H,5-7H2,1-4H3/t8-,9+,10+/m0/s1. The molecule has 0 unspecified atom stereocenters. The molecule has 2 aliphatic heterocycles. The Balaban J connectivity index is 2.16. The molecule has 2 heterocycles. The Hall–Kier alpha value is -0.690. The lowest BCUT2D eigenvalue weighted by Crippen LogP contribution is -2.45. The van der Waals surface area contributed by atoms with E-state index >= 15 is 0 Å². The summed E-state index contributed by atoms with van der Waals surface area (Å²) in [6.45, 7) is 4.22. The zero-order chi connectivity index (χ0) is 13.5. The van der Waals surface area contributed by atoms with Gasteiger partial charge in [0, 0.05) is 20.7 Å². The summed E-state index contributed by atoms with van der Waals surface area (Å²) in [6, 6.07) is -0.0728. The fourth-order valence-electron chi connectivity index (χ4n) is 2.82. The van der Waals surface area contributed by atoms with Gasteiger partial charge in [0.1, 0.15) is 6.10 Å². The minimum Gasteiger partial charge on any atom is -0.396 e. The Morgan fingerprint density at radius 3 is 2.61 bits per heavy atom. The number of hydrogen-bond acceptors (Lipinski definition) is 5. The number of likely N-dealkylation sites (N-methyl/N-ethyl adjacent to an activating group) is 1. The van der Waals surface area contributed by atoms with Crippen molar-refractivity contribution in [1.29, 1.82) is 0 Å². The van der Waals surface area contributed by atoms with Gasteiger partial charge in [-0.15, -0.1) is 0 Å². The van der Waals surface area contributed by atoms with Crippen LogP contribution in [-0.2, 0) is 14.3 Å². The van der Waals surface area contributed by atoms with E-state index in [0.29, 0.717) is 13.0 Å². The first-order valence-corrected chi connectivity index (χ1v) is 6.30. The van der Waals surface area contributed by atoms with Gasteiger partial charge in [-0.1, -0.05) is 0 Å². The SMILES string of the molecule is CN1C(=O)[C@@H](CCO)[C@H]([C@H]2COC(C)(C)O2)N1C. The number of carbonyl (C=O) groups is 1. The second kappa shape index (κ2) is 4.77. The number of ether oxygens (including phenoxy) is 2. The highest BCUT2D eigenvalue weighted by molar-refractivity contribution is 5.81. The van der Waals surface area contributed by atoms with Crippen LogP contribution in [0.5, 0.6) is 0 Å². The van der Waals surface area contributed by atoms with Crippen molar-refractivity contribution in [2.45, 2.75) is 38.2 Å². The molecule has 2 rings (SSSR count). The van der Waals surface area contributed by atoms with E-state index in [9.17, 15) is 4.79 Å². The monoisotopic (exact) mass is 258 g/mol. The maximum absolute atomic E-state index is 12.1. The van der Waals surface area contributed by atoms with Gasteiger partial charge in [0.05, 0.1) is 18.6 Å². The molecule has 6 heteroatoms. The lowest BCUT2D eigenvalue weighted by Gasteiger charge is -2.30. The number of aliphatic hydroxyl groups excluding tert-OH is 1. The molecule has 0 aromatic heterocycles.